The Kier molecular flexibility index (Phi) is 11.9. The summed E-state index contributed by atoms with van der Waals surface area (Å²) in [6, 6.07) is 29.9. The van der Waals surface area contributed by atoms with Gasteiger partial charge in [0.1, 0.15) is 12.2 Å². The van der Waals surface area contributed by atoms with Crippen LogP contribution in [0.15, 0.2) is 103 Å². The second-order valence-electron chi connectivity index (χ2n) is 10.4. The monoisotopic (exact) mass is 558 g/mol. The second-order valence-corrected chi connectivity index (χ2v) is 10.4. The summed E-state index contributed by atoms with van der Waals surface area (Å²) in [5.74, 6) is 0. The van der Waals surface area contributed by atoms with Gasteiger partial charge in [-0.25, -0.2) is 4.79 Å². The lowest BCUT2D eigenvalue weighted by Crippen LogP contribution is -2.58. The van der Waals surface area contributed by atoms with E-state index in [0.29, 0.717) is 26.4 Å². The number of hydrogen-bond donors (Lipinski definition) is 1. The molecule has 1 N–H and O–H groups in total. The van der Waals surface area contributed by atoms with Gasteiger partial charge in [0.25, 0.3) is 0 Å². The molecule has 0 aliphatic heterocycles. The van der Waals surface area contributed by atoms with Crippen LogP contribution in [0.25, 0.3) is 0 Å². The highest BCUT2D eigenvalue weighted by molar-refractivity contribution is 5.67. The number of carbonyl (C=O) groups is 1. The molecule has 3 aromatic carbocycles. The summed E-state index contributed by atoms with van der Waals surface area (Å²) in [6.45, 7) is 4.44. The van der Waals surface area contributed by atoms with E-state index >= 15 is 0 Å². The van der Waals surface area contributed by atoms with Crippen LogP contribution in [-0.4, -0.2) is 62.6 Å². The Balaban J connectivity index is 1.65. The fraction of sp³-hybridized carbons (Fsp3) is 0.382. The van der Waals surface area contributed by atoms with Gasteiger partial charge in [-0.1, -0.05) is 104 Å². The van der Waals surface area contributed by atoms with Gasteiger partial charge in [0.2, 0.25) is 0 Å². The normalized spacial score (nSPS) is 20.3. The zero-order chi connectivity index (χ0) is 28.9. The van der Waals surface area contributed by atoms with Crippen LogP contribution in [0.1, 0.15) is 30.0 Å². The van der Waals surface area contributed by atoms with Gasteiger partial charge < -0.3 is 29.2 Å². The molecule has 0 fully saturated rings. The molecule has 0 bridgehead atoms. The number of hydrogen-bond acceptors (Lipinski definition) is 6. The molecule has 0 aromatic heterocycles. The zero-order valence-corrected chi connectivity index (χ0v) is 24.3. The first-order valence-corrected chi connectivity index (χ1v) is 14.3. The van der Waals surface area contributed by atoms with Crippen molar-refractivity contribution in [2.75, 3.05) is 27.2 Å². The summed E-state index contributed by atoms with van der Waals surface area (Å²) in [6.07, 6.45) is 0.935. The van der Waals surface area contributed by atoms with E-state index < -0.39 is 24.4 Å². The summed E-state index contributed by atoms with van der Waals surface area (Å²) in [5, 5.41) is 3.56. The molecule has 7 heteroatoms. The van der Waals surface area contributed by atoms with Crippen LogP contribution in [0, 0.1) is 0 Å². The maximum atomic E-state index is 12.9. The van der Waals surface area contributed by atoms with Crippen molar-refractivity contribution < 1.29 is 23.7 Å². The van der Waals surface area contributed by atoms with Crippen LogP contribution in [-0.2, 0) is 38.8 Å². The van der Waals surface area contributed by atoms with Gasteiger partial charge in [-0.05, 0) is 35.2 Å². The highest BCUT2D eigenvalue weighted by Crippen LogP contribution is 2.30. The van der Waals surface area contributed by atoms with Crippen molar-refractivity contribution in [2.45, 2.75) is 57.5 Å². The highest BCUT2D eigenvalue weighted by Gasteiger charge is 2.44. The van der Waals surface area contributed by atoms with Crippen molar-refractivity contribution in [2.24, 2.45) is 0 Å². The molecule has 4 rings (SSSR count). The number of ether oxygens (including phenoxy) is 4. The molecule has 0 radical (unpaired) electrons. The minimum atomic E-state index is -0.612. The standard InChI is InChI=1S/C34H42N2O5/c1-4-20-35-30-21-29(25-38-22-26-14-8-5-9-15-26)31(39-23-27-16-10-6-11-17-27)33(32(30)41-34(37)36(2)3)40-24-28-18-12-7-13-19-28/h5-19,21,30-33,35H,4,20,22-25H2,1-3H3/t30-,31+,32+,33-/m0/s1. The third-order valence-electron chi connectivity index (χ3n) is 6.91. The van der Waals surface area contributed by atoms with Crippen molar-refractivity contribution >= 4 is 6.09 Å². The quantitative estimate of drug-likeness (QED) is 0.254. The first kappa shape index (κ1) is 30.5. The van der Waals surface area contributed by atoms with E-state index in [1.807, 2.05) is 91.0 Å². The molecule has 7 nitrogen and oxygen atoms in total. The number of benzene rings is 3. The van der Waals surface area contributed by atoms with Crippen molar-refractivity contribution in [1.29, 1.82) is 0 Å². The molecule has 218 valence electrons. The molecular formula is C34H42N2O5. The number of nitrogens with zero attached hydrogens (tertiary/aromatic N) is 1. The molecule has 1 aliphatic rings. The zero-order valence-electron chi connectivity index (χ0n) is 24.3. The third-order valence-corrected chi connectivity index (χ3v) is 6.91. The lowest BCUT2D eigenvalue weighted by Gasteiger charge is -2.42. The lowest BCUT2D eigenvalue weighted by molar-refractivity contribution is -0.136. The highest BCUT2D eigenvalue weighted by atomic mass is 16.6. The Morgan fingerprint density at radius 2 is 1.27 bits per heavy atom. The van der Waals surface area contributed by atoms with Crippen LogP contribution in [0.5, 0.6) is 0 Å². The summed E-state index contributed by atoms with van der Waals surface area (Å²) in [4.78, 5) is 14.3. The topological polar surface area (TPSA) is 69.3 Å². The predicted octanol–water partition coefficient (Wildman–Crippen LogP) is 5.75. The van der Waals surface area contributed by atoms with Gasteiger partial charge in [0.15, 0.2) is 6.10 Å². The third kappa shape index (κ3) is 9.26. The van der Waals surface area contributed by atoms with Gasteiger partial charge in [0, 0.05) is 14.1 Å². The first-order valence-electron chi connectivity index (χ1n) is 14.3. The van der Waals surface area contributed by atoms with Crippen LogP contribution in [0.4, 0.5) is 4.79 Å². The number of nitrogens with one attached hydrogen (secondary N) is 1. The Morgan fingerprint density at radius 1 is 0.732 bits per heavy atom. The van der Waals surface area contributed by atoms with E-state index in [2.05, 4.69) is 18.3 Å². The first-order chi connectivity index (χ1) is 20.0. The smallest absolute Gasteiger partial charge is 0.409 e. The maximum Gasteiger partial charge on any atom is 0.409 e. The van der Waals surface area contributed by atoms with Gasteiger partial charge in [-0.15, -0.1) is 0 Å². The molecular weight excluding hydrogens is 516 g/mol. The van der Waals surface area contributed by atoms with Crippen molar-refractivity contribution in [1.82, 2.24) is 10.2 Å². The van der Waals surface area contributed by atoms with E-state index in [4.69, 9.17) is 18.9 Å². The molecule has 41 heavy (non-hydrogen) atoms. The largest absolute Gasteiger partial charge is 0.441 e. The van der Waals surface area contributed by atoms with Gasteiger partial charge in [0.05, 0.1) is 32.5 Å². The number of amides is 1. The summed E-state index contributed by atoms with van der Waals surface area (Å²) >= 11 is 0. The summed E-state index contributed by atoms with van der Waals surface area (Å²) in [5.41, 5.74) is 4.13. The fourth-order valence-electron chi connectivity index (χ4n) is 4.76. The van der Waals surface area contributed by atoms with E-state index in [0.717, 1.165) is 35.2 Å². The second kappa shape index (κ2) is 16.1. The van der Waals surface area contributed by atoms with E-state index in [1.165, 1.54) is 4.90 Å². The minimum Gasteiger partial charge on any atom is -0.441 e. The molecule has 0 unspecified atom stereocenters. The Bertz CT molecular complexity index is 1200. The molecule has 4 atom stereocenters. The summed E-state index contributed by atoms with van der Waals surface area (Å²) in [7, 11) is 3.36. The van der Waals surface area contributed by atoms with Crippen molar-refractivity contribution in [3.63, 3.8) is 0 Å². The predicted molar refractivity (Wildman–Crippen MR) is 160 cm³/mol. The molecule has 1 aliphatic carbocycles. The van der Waals surface area contributed by atoms with E-state index in [9.17, 15) is 4.79 Å². The van der Waals surface area contributed by atoms with Gasteiger partial charge in [-0.3, -0.25) is 0 Å². The number of carbonyl (C=O) groups excluding carboxylic acids is 1. The van der Waals surface area contributed by atoms with Crippen LogP contribution in [0.2, 0.25) is 0 Å². The minimum absolute atomic E-state index is 0.272. The maximum absolute atomic E-state index is 12.9. The molecule has 0 saturated carbocycles. The van der Waals surface area contributed by atoms with Gasteiger partial charge in [-0.2, -0.15) is 0 Å². The van der Waals surface area contributed by atoms with Crippen LogP contribution >= 0.6 is 0 Å². The number of rotatable bonds is 14. The van der Waals surface area contributed by atoms with Crippen LogP contribution in [0.3, 0.4) is 0 Å². The van der Waals surface area contributed by atoms with Gasteiger partial charge >= 0.3 is 6.09 Å². The summed E-state index contributed by atoms with van der Waals surface area (Å²) < 4.78 is 25.5. The SMILES string of the molecule is CCCN[C@H]1C=C(COCc2ccccc2)[C@@H](OCc2ccccc2)[C@H](OCc2ccccc2)[C@@H]1OC(=O)N(C)C. The van der Waals surface area contributed by atoms with Crippen molar-refractivity contribution in [3.8, 4) is 0 Å². The average Bonchev–Trinajstić information content (AvgIpc) is 3.00. The Labute approximate surface area is 244 Å². The fourth-order valence-corrected chi connectivity index (χ4v) is 4.76. The lowest BCUT2D eigenvalue weighted by atomic mass is 9.87. The van der Waals surface area contributed by atoms with E-state index in [-0.39, 0.29) is 6.04 Å². The Morgan fingerprint density at radius 3 is 1.80 bits per heavy atom. The van der Waals surface area contributed by atoms with Crippen molar-refractivity contribution in [3.05, 3.63) is 119 Å². The molecule has 1 amide bonds. The van der Waals surface area contributed by atoms with E-state index in [1.54, 1.807) is 14.1 Å². The molecule has 0 heterocycles. The Hall–Kier alpha value is -3.49. The molecule has 3 aromatic rings. The van der Waals surface area contributed by atoms with Crippen LogP contribution < -0.4 is 5.32 Å². The molecule has 0 saturated heterocycles. The molecule has 0 spiro atoms. The average molecular weight is 559 g/mol.